The summed E-state index contributed by atoms with van der Waals surface area (Å²) in [6.07, 6.45) is 4.27. The van der Waals surface area contributed by atoms with Crippen molar-refractivity contribution in [3.8, 4) is 0 Å². The molecule has 0 fully saturated rings. The molecule has 10 nitrogen and oxygen atoms in total. The molecule has 0 spiro atoms. The molecule has 0 aliphatic carbocycles. The van der Waals surface area contributed by atoms with Crippen molar-refractivity contribution in [2.24, 2.45) is 5.73 Å². The molecule has 3 atom stereocenters. The van der Waals surface area contributed by atoms with E-state index in [4.69, 9.17) is 5.73 Å². The van der Waals surface area contributed by atoms with Gasteiger partial charge in [0.15, 0.2) is 0 Å². The largest absolute Gasteiger partial charge is 0.480 e. The predicted octanol–water partition coefficient (Wildman–Crippen LogP) is 1.20. The maximum absolute atomic E-state index is 13.0. The van der Waals surface area contributed by atoms with E-state index < -0.39 is 41.8 Å². The molecular weight excluding hydrogens is 506 g/mol. The number of fused-ring (bicyclic) bond motifs is 1. The summed E-state index contributed by atoms with van der Waals surface area (Å²) in [5.41, 5.74) is 8.48. The van der Waals surface area contributed by atoms with Crippen LogP contribution < -0.4 is 21.7 Å². The smallest absolute Gasteiger partial charge is 0.326 e. The molecule has 3 rings (SSSR count). The van der Waals surface area contributed by atoms with E-state index >= 15 is 0 Å². The Bertz CT molecular complexity index is 1250. The van der Waals surface area contributed by atoms with Crippen molar-refractivity contribution < 1.29 is 24.3 Å². The van der Waals surface area contributed by atoms with E-state index in [1.165, 1.54) is 11.8 Å². The Morgan fingerprint density at radius 2 is 1.66 bits per heavy atom. The minimum Gasteiger partial charge on any atom is -0.480 e. The second-order valence-electron chi connectivity index (χ2n) is 8.88. The number of nitrogens with one attached hydrogen (secondary N) is 4. The molecule has 1 aromatic heterocycles. The Kier molecular flexibility index (Phi) is 10.7. The van der Waals surface area contributed by atoms with Crippen LogP contribution in [0, 0.1) is 0 Å². The number of H-pyrrole nitrogens is 1. The first-order valence-electron chi connectivity index (χ1n) is 12.2. The van der Waals surface area contributed by atoms with Crippen LogP contribution >= 0.6 is 11.8 Å². The van der Waals surface area contributed by atoms with Gasteiger partial charge in [0.05, 0.1) is 12.6 Å². The Morgan fingerprint density at radius 3 is 2.37 bits per heavy atom. The van der Waals surface area contributed by atoms with Gasteiger partial charge >= 0.3 is 5.97 Å². The molecule has 7 N–H and O–H groups in total. The number of hydrogen-bond donors (Lipinski definition) is 6. The first-order chi connectivity index (χ1) is 18.3. The predicted molar refractivity (Wildman–Crippen MR) is 148 cm³/mol. The molecule has 0 bridgehead atoms. The van der Waals surface area contributed by atoms with Crippen LogP contribution in [0.5, 0.6) is 0 Å². The lowest BCUT2D eigenvalue weighted by molar-refractivity contribution is -0.142. The minimum absolute atomic E-state index is 0.0731. The molecule has 0 saturated heterocycles. The highest BCUT2D eigenvalue weighted by Gasteiger charge is 2.27. The lowest BCUT2D eigenvalue weighted by Gasteiger charge is -2.21. The van der Waals surface area contributed by atoms with E-state index in [9.17, 15) is 24.3 Å². The summed E-state index contributed by atoms with van der Waals surface area (Å²) in [5.74, 6) is -2.29. The van der Waals surface area contributed by atoms with Crippen LogP contribution in [0.15, 0.2) is 60.8 Å². The number of carbonyl (C=O) groups excluding carboxylic acids is 3. The van der Waals surface area contributed by atoms with Gasteiger partial charge in [0, 0.05) is 23.5 Å². The number of aromatic nitrogens is 1. The molecule has 3 aromatic rings. The number of amides is 3. The van der Waals surface area contributed by atoms with Gasteiger partial charge in [0.1, 0.15) is 12.1 Å². The maximum Gasteiger partial charge on any atom is 0.326 e. The van der Waals surface area contributed by atoms with E-state index in [0.29, 0.717) is 18.6 Å². The van der Waals surface area contributed by atoms with Gasteiger partial charge in [-0.05, 0) is 42.0 Å². The maximum atomic E-state index is 13.0. The second-order valence-corrected chi connectivity index (χ2v) is 9.86. The normalized spacial score (nSPS) is 13.3. The van der Waals surface area contributed by atoms with Gasteiger partial charge in [-0.15, -0.1) is 0 Å². The molecule has 3 amide bonds. The molecular formula is C27H33N5O5S. The number of thioether (sulfide) groups is 1. The van der Waals surface area contributed by atoms with Crippen molar-refractivity contribution in [3.05, 3.63) is 71.9 Å². The summed E-state index contributed by atoms with van der Waals surface area (Å²) >= 11 is 1.49. The Labute approximate surface area is 225 Å². The highest BCUT2D eigenvalue weighted by atomic mass is 32.2. The van der Waals surface area contributed by atoms with Crippen LogP contribution in [0.2, 0.25) is 0 Å². The zero-order chi connectivity index (χ0) is 27.5. The number of aliphatic carboxylic acids is 1. The Morgan fingerprint density at radius 1 is 0.947 bits per heavy atom. The molecule has 3 unspecified atom stereocenters. The Hall–Kier alpha value is -3.83. The minimum atomic E-state index is -1.19. The van der Waals surface area contributed by atoms with Crippen LogP contribution in [-0.4, -0.2) is 70.5 Å². The SMILES string of the molecule is CSCCC(NC(=O)CNC(=O)C(N)Cc1ccccc1)C(=O)NC(Cc1c[nH]c2ccccc12)C(=O)O. The van der Waals surface area contributed by atoms with Crippen molar-refractivity contribution in [1.82, 2.24) is 20.9 Å². The van der Waals surface area contributed by atoms with Gasteiger partial charge in [-0.3, -0.25) is 14.4 Å². The molecule has 0 aliphatic rings. The Balaban J connectivity index is 1.57. The van der Waals surface area contributed by atoms with Gasteiger partial charge in [-0.1, -0.05) is 48.5 Å². The molecule has 0 saturated carbocycles. The van der Waals surface area contributed by atoms with Crippen LogP contribution in [0.3, 0.4) is 0 Å². The van der Waals surface area contributed by atoms with E-state index in [0.717, 1.165) is 22.0 Å². The molecule has 2 aromatic carbocycles. The van der Waals surface area contributed by atoms with Gasteiger partial charge in [-0.25, -0.2) is 4.79 Å². The standard InChI is InChI=1S/C27H33N5O5S/c1-38-12-11-22(31-24(33)16-30-25(34)20(28)13-17-7-3-2-4-8-17)26(35)32-23(27(36)37)14-18-15-29-21-10-6-5-9-19(18)21/h2-10,15,20,22-23,29H,11-14,16,28H2,1H3,(H,30,34)(H,31,33)(H,32,35)(H,36,37). The molecule has 202 valence electrons. The number of para-hydroxylation sites is 1. The fraction of sp³-hybridized carbons (Fsp3) is 0.333. The van der Waals surface area contributed by atoms with Crippen LogP contribution in [0.1, 0.15) is 17.5 Å². The zero-order valence-electron chi connectivity index (χ0n) is 21.1. The van der Waals surface area contributed by atoms with E-state index in [1.54, 1.807) is 6.20 Å². The average molecular weight is 540 g/mol. The number of carboxylic acids is 1. The van der Waals surface area contributed by atoms with Crippen LogP contribution in [0.4, 0.5) is 0 Å². The highest BCUT2D eigenvalue weighted by molar-refractivity contribution is 7.98. The first-order valence-corrected chi connectivity index (χ1v) is 13.6. The second kappa shape index (κ2) is 14.2. The quantitative estimate of drug-likeness (QED) is 0.179. The average Bonchev–Trinajstić information content (AvgIpc) is 3.32. The summed E-state index contributed by atoms with van der Waals surface area (Å²) in [4.78, 5) is 53.0. The lowest BCUT2D eigenvalue weighted by atomic mass is 10.0. The third-order valence-electron chi connectivity index (χ3n) is 6.03. The summed E-state index contributed by atoms with van der Waals surface area (Å²) in [5, 5.41) is 18.3. The number of carbonyl (C=O) groups is 4. The summed E-state index contributed by atoms with van der Waals surface area (Å²) < 4.78 is 0. The van der Waals surface area contributed by atoms with Crippen LogP contribution in [0.25, 0.3) is 10.9 Å². The monoisotopic (exact) mass is 539 g/mol. The molecule has 38 heavy (non-hydrogen) atoms. The van der Waals surface area contributed by atoms with Crippen molar-refractivity contribution in [1.29, 1.82) is 0 Å². The number of rotatable bonds is 14. The summed E-state index contributed by atoms with van der Waals surface area (Å²) in [6, 6.07) is 13.8. The fourth-order valence-corrected chi connectivity index (χ4v) is 4.47. The number of hydrogen-bond acceptors (Lipinski definition) is 6. The van der Waals surface area contributed by atoms with Crippen molar-refractivity contribution in [3.63, 3.8) is 0 Å². The summed E-state index contributed by atoms with van der Waals surface area (Å²) in [7, 11) is 0. The molecule has 11 heteroatoms. The highest BCUT2D eigenvalue weighted by Crippen LogP contribution is 2.19. The number of nitrogens with two attached hydrogens (primary N) is 1. The van der Waals surface area contributed by atoms with Gasteiger partial charge in [-0.2, -0.15) is 11.8 Å². The summed E-state index contributed by atoms with van der Waals surface area (Å²) in [6.45, 7) is -0.359. The van der Waals surface area contributed by atoms with Crippen molar-refractivity contribution in [2.75, 3.05) is 18.6 Å². The topological polar surface area (TPSA) is 166 Å². The van der Waals surface area contributed by atoms with Gasteiger partial charge < -0.3 is 31.8 Å². The van der Waals surface area contributed by atoms with Crippen molar-refractivity contribution >= 4 is 46.4 Å². The number of aromatic amines is 1. The fourth-order valence-electron chi connectivity index (χ4n) is 4.00. The third kappa shape index (κ3) is 8.35. The molecule has 0 aliphatic heterocycles. The van der Waals surface area contributed by atoms with Gasteiger partial charge in [0.2, 0.25) is 17.7 Å². The van der Waals surface area contributed by atoms with Gasteiger partial charge in [0.25, 0.3) is 0 Å². The van der Waals surface area contributed by atoms with E-state index in [-0.39, 0.29) is 13.0 Å². The van der Waals surface area contributed by atoms with Crippen molar-refractivity contribution in [2.45, 2.75) is 37.4 Å². The first kappa shape index (κ1) is 28.7. The van der Waals surface area contributed by atoms with Crippen LogP contribution in [-0.2, 0) is 32.0 Å². The zero-order valence-corrected chi connectivity index (χ0v) is 21.9. The molecule has 0 radical (unpaired) electrons. The third-order valence-corrected chi connectivity index (χ3v) is 6.68. The number of benzene rings is 2. The lowest BCUT2D eigenvalue weighted by Crippen LogP contribution is -2.54. The van der Waals surface area contributed by atoms with E-state index in [2.05, 4.69) is 20.9 Å². The molecule has 1 heterocycles. The number of carboxylic acid groups (broad SMARTS) is 1. The van der Waals surface area contributed by atoms with E-state index in [1.807, 2.05) is 60.9 Å².